The zero-order chi connectivity index (χ0) is 36.7. The van der Waals surface area contributed by atoms with Gasteiger partial charge in [-0.1, -0.05) is 113 Å². The van der Waals surface area contributed by atoms with Gasteiger partial charge in [0.25, 0.3) is 0 Å². The number of nitrogens with zero attached hydrogens (tertiary/aromatic N) is 1. The van der Waals surface area contributed by atoms with Gasteiger partial charge < -0.3 is 9.52 Å². The molecule has 7 rings (SSSR count). The number of carbonyl (C=O) groups excluding carboxylic acids is 1. The molecule has 0 aliphatic heterocycles. The van der Waals surface area contributed by atoms with Crippen molar-refractivity contribution in [3.63, 3.8) is 0 Å². The zero-order valence-corrected chi connectivity index (χ0v) is 33.5. The molecule has 4 aromatic carbocycles. The van der Waals surface area contributed by atoms with Crippen LogP contribution >= 0.6 is 0 Å². The van der Waals surface area contributed by atoms with Gasteiger partial charge in [0, 0.05) is 70.0 Å². The van der Waals surface area contributed by atoms with Gasteiger partial charge in [-0.3, -0.25) is 9.78 Å². The largest absolute Gasteiger partial charge is 0.512 e. The van der Waals surface area contributed by atoms with Crippen molar-refractivity contribution in [1.82, 2.24) is 4.98 Å². The summed E-state index contributed by atoms with van der Waals surface area (Å²) < 4.78 is 24.7. The molecule has 6 heteroatoms. The number of pyridine rings is 1. The van der Waals surface area contributed by atoms with Crippen molar-refractivity contribution in [3.05, 3.63) is 108 Å². The minimum atomic E-state index is -1.75. The third-order valence-electron chi connectivity index (χ3n) is 9.95. The van der Waals surface area contributed by atoms with E-state index < -0.39 is 14.4 Å². The van der Waals surface area contributed by atoms with Crippen LogP contribution in [0.4, 0.5) is 0 Å². The van der Waals surface area contributed by atoms with E-state index in [0.717, 1.165) is 63.9 Å². The molecule has 4 nitrogen and oxygen atoms in total. The molecule has 0 fully saturated rings. The number of ketones is 1. The van der Waals surface area contributed by atoms with E-state index in [1.807, 2.05) is 70.2 Å². The normalized spacial score (nSPS) is 14.2. The molecule has 0 unspecified atom stereocenters. The molecule has 0 saturated carbocycles. The molecule has 2 heterocycles. The van der Waals surface area contributed by atoms with Crippen LogP contribution in [0.15, 0.2) is 95.2 Å². The number of benzene rings is 4. The molecule has 2 aromatic heterocycles. The fourth-order valence-electron chi connectivity index (χ4n) is 7.10. The predicted molar refractivity (Wildman–Crippen MR) is 208 cm³/mol. The fourth-order valence-corrected chi connectivity index (χ4v) is 8.71. The number of furan rings is 1. The second-order valence-corrected chi connectivity index (χ2v) is 19.1. The van der Waals surface area contributed by atoms with E-state index in [1.54, 1.807) is 6.20 Å². The summed E-state index contributed by atoms with van der Waals surface area (Å²) in [4.78, 5) is 16.5. The minimum Gasteiger partial charge on any atom is -0.512 e. The van der Waals surface area contributed by atoms with E-state index in [2.05, 4.69) is 56.0 Å². The van der Waals surface area contributed by atoms with Crippen LogP contribution in [0.3, 0.4) is 0 Å². The van der Waals surface area contributed by atoms with Crippen LogP contribution in [-0.4, -0.2) is 23.9 Å². The Bertz CT molecular complexity index is 2270. The smallest absolute Gasteiger partial charge is 0.162 e. The summed E-state index contributed by atoms with van der Waals surface area (Å²) in [6.45, 7) is 15.1. The van der Waals surface area contributed by atoms with E-state index in [0.29, 0.717) is 22.6 Å². The van der Waals surface area contributed by atoms with Crippen molar-refractivity contribution in [2.75, 3.05) is 0 Å². The molecule has 1 N–H and O–H groups in total. The molecule has 1 aliphatic rings. The van der Waals surface area contributed by atoms with Gasteiger partial charge in [0.05, 0.1) is 13.8 Å². The van der Waals surface area contributed by atoms with Crippen LogP contribution in [0.25, 0.3) is 54.9 Å². The summed E-state index contributed by atoms with van der Waals surface area (Å²) in [6.07, 6.45) is 4.96. The third-order valence-corrected chi connectivity index (χ3v) is 12.0. The Kier molecular flexibility index (Phi) is 10.8. The maximum Gasteiger partial charge on any atom is 0.162 e. The first-order valence-corrected chi connectivity index (χ1v) is 21.2. The third kappa shape index (κ3) is 7.17. The second-order valence-electron chi connectivity index (χ2n) is 14.1. The van der Waals surface area contributed by atoms with Crippen LogP contribution in [0.1, 0.15) is 67.4 Å². The monoisotopic (exact) mass is 861 g/mol. The number of hydrogen-bond acceptors (Lipinski definition) is 4. The van der Waals surface area contributed by atoms with Crippen molar-refractivity contribution in [1.29, 1.82) is 0 Å². The van der Waals surface area contributed by atoms with Crippen LogP contribution in [-0.2, 0) is 31.3 Å². The van der Waals surface area contributed by atoms with Gasteiger partial charge >= 0.3 is 0 Å². The molecular formula is C44H48IrNO3Si-. The molecule has 0 amide bonds. The fraction of sp³-hybridized carbons (Fsp3) is 0.318. The van der Waals surface area contributed by atoms with Gasteiger partial charge in [0.2, 0.25) is 0 Å². The van der Waals surface area contributed by atoms with Crippen LogP contribution < -0.4 is 5.19 Å². The van der Waals surface area contributed by atoms with Crippen LogP contribution in [0.5, 0.6) is 0 Å². The molecule has 50 heavy (non-hydrogen) atoms. The van der Waals surface area contributed by atoms with Crippen LogP contribution in [0.2, 0.25) is 19.6 Å². The SMILES string of the molecule is CCC(CC)C(=O)/C=C(\O)C(CC)CC.[2H]C1([2H])c2oc3c(-c4[c-]c5ccccc5c([Si](C)(C)C)c4)nccc3c2-c2cccc3cccc1c23.[Ir]. The van der Waals surface area contributed by atoms with Gasteiger partial charge in [-0.15, -0.1) is 28.8 Å². The van der Waals surface area contributed by atoms with Crippen molar-refractivity contribution in [3.8, 4) is 22.4 Å². The number of carbonyl (C=O) groups is 1. The summed E-state index contributed by atoms with van der Waals surface area (Å²) in [5, 5.41) is 16.3. The Labute approximate surface area is 314 Å². The van der Waals surface area contributed by atoms with E-state index >= 15 is 0 Å². The first-order chi connectivity index (χ1) is 24.3. The van der Waals surface area contributed by atoms with Gasteiger partial charge in [-0.05, 0) is 53.6 Å². The maximum atomic E-state index is 11.7. The summed E-state index contributed by atoms with van der Waals surface area (Å²) in [5.74, 6) is 0.898. The van der Waals surface area contributed by atoms with Crippen molar-refractivity contribution >= 4 is 51.6 Å². The second kappa shape index (κ2) is 15.6. The van der Waals surface area contributed by atoms with Crippen LogP contribution in [0, 0.1) is 17.9 Å². The van der Waals surface area contributed by atoms with Crippen molar-refractivity contribution in [2.45, 2.75) is 79.4 Å². The Morgan fingerprint density at radius 2 is 1.62 bits per heavy atom. The Hall–Kier alpha value is -3.83. The molecule has 6 aromatic rings. The topological polar surface area (TPSA) is 63.3 Å². The maximum absolute atomic E-state index is 11.7. The predicted octanol–water partition coefficient (Wildman–Crippen LogP) is 11.6. The standard InChI is InChI=1S/C31H24NOSi.C13H24O2.Ir/c1-34(2,3)27-18-22(16-20-8-4-5-12-23(20)27)30-31-25(14-15-32-30)29-24-13-7-10-19-9-6-11-21(28(19)24)17-26(29)33-31;1-5-10(6-2)12(14)9-13(15)11(7-3)8-4;/h4-15,18H,17H2,1-3H3;9-11,14H,5-8H2,1-4H3;/q-1;;/b;12-9-;/i17D2;;. The number of rotatable bonds is 9. The number of hydrogen-bond donors (Lipinski definition) is 1. The molecule has 0 atom stereocenters. The summed E-state index contributed by atoms with van der Waals surface area (Å²) >= 11 is 0. The molecule has 0 bridgehead atoms. The van der Waals surface area contributed by atoms with E-state index in [-0.39, 0.29) is 43.5 Å². The van der Waals surface area contributed by atoms with Crippen molar-refractivity contribution in [2.24, 2.45) is 11.8 Å². The molecular weight excluding hydrogens is 811 g/mol. The average molecular weight is 861 g/mol. The quantitative estimate of drug-likeness (QED) is 0.0681. The zero-order valence-electron chi connectivity index (χ0n) is 32.1. The van der Waals surface area contributed by atoms with Crippen molar-refractivity contribution < 1.29 is 37.2 Å². The number of allylic oxidation sites excluding steroid dienone is 2. The Morgan fingerprint density at radius 1 is 0.940 bits per heavy atom. The first-order valence-electron chi connectivity index (χ1n) is 18.7. The molecule has 0 spiro atoms. The van der Waals surface area contributed by atoms with E-state index in [1.165, 1.54) is 16.6 Å². The van der Waals surface area contributed by atoms with E-state index in [9.17, 15) is 9.90 Å². The number of aliphatic hydroxyl groups is 1. The van der Waals surface area contributed by atoms with Gasteiger partial charge in [0.1, 0.15) is 11.3 Å². The summed E-state index contributed by atoms with van der Waals surface area (Å²) in [6, 6.07) is 28.1. The number of aromatic nitrogens is 1. The van der Waals surface area contributed by atoms with Gasteiger partial charge in [-0.2, -0.15) is 0 Å². The number of fused-ring (bicyclic) bond motifs is 5. The van der Waals surface area contributed by atoms with Gasteiger partial charge in [-0.25, -0.2) is 0 Å². The average Bonchev–Trinajstić information content (AvgIpc) is 3.52. The Morgan fingerprint density at radius 3 is 2.30 bits per heavy atom. The molecule has 1 aliphatic carbocycles. The Balaban J connectivity index is 0.000000280. The summed E-state index contributed by atoms with van der Waals surface area (Å²) in [5.41, 5.74) is 4.70. The number of aliphatic hydroxyl groups excluding tert-OH is 1. The molecule has 1 radical (unpaired) electrons. The minimum absolute atomic E-state index is 0. The molecule has 0 saturated heterocycles. The molecule has 261 valence electrons. The first kappa shape index (κ1) is 34.6. The van der Waals surface area contributed by atoms with Gasteiger partial charge in [0.15, 0.2) is 5.78 Å². The van der Waals surface area contributed by atoms with E-state index in [4.69, 9.17) is 12.1 Å². The summed E-state index contributed by atoms with van der Waals surface area (Å²) in [7, 11) is -1.68.